The van der Waals surface area contributed by atoms with Crippen LogP contribution in [0.3, 0.4) is 0 Å². The SMILES string of the molecule is Cc1cccnc1-n1cc[n+](C)c1. The van der Waals surface area contributed by atoms with E-state index in [0.29, 0.717) is 0 Å². The quantitative estimate of drug-likeness (QED) is 0.591. The van der Waals surface area contributed by atoms with Crippen LogP contribution in [-0.2, 0) is 7.05 Å². The normalized spacial score (nSPS) is 10.3. The molecule has 0 bridgehead atoms. The first-order chi connectivity index (χ1) is 6.27. The average molecular weight is 174 g/mol. The van der Waals surface area contributed by atoms with Crippen LogP contribution in [0.15, 0.2) is 37.1 Å². The van der Waals surface area contributed by atoms with E-state index in [1.807, 2.05) is 47.2 Å². The number of hydrogen-bond acceptors (Lipinski definition) is 1. The summed E-state index contributed by atoms with van der Waals surface area (Å²) in [5.41, 5.74) is 1.18. The van der Waals surface area contributed by atoms with E-state index in [1.54, 1.807) is 0 Å². The van der Waals surface area contributed by atoms with Crippen molar-refractivity contribution >= 4 is 0 Å². The average Bonchev–Trinajstić information content (AvgIpc) is 2.53. The molecule has 0 saturated carbocycles. The predicted molar refractivity (Wildman–Crippen MR) is 49.5 cm³/mol. The van der Waals surface area contributed by atoms with Crippen molar-refractivity contribution in [1.29, 1.82) is 0 Å². The summed E-state index contributed by atoms with van der Waals surface area (Å²) < 4.78 is 4.00. The smallest absolute Gasteiger partial charge is 0.239 e. The zero-order valence-electron chi connectivity index (χ0n) is 7.81. The van der Waals surface area contributed by atoms with E-state index in [4.69, 9.17) is 0 Å². The molecule has 2 aromatic rings. The monoisotopic (exact) mass is 174 g/mol. The Bertz CT molecular complexity index is 418. The fourth-order valence-electron chi connectivity index (χ4n) is 1.32. The van der Waals surface area contributed by atoms with Crippen molar-refractivity contribution in [3.63, 3.8) is 0 Å². The van der Waals surface area contributed by atoms with Crippen LogP contribution >= 0.6 is 0 Å². The Morgan fingerprint density at radius 3 is 2.92 bits per heavy atom. The minimum atomic E-state index is 0.989. The van der Waals surface area contributed by atoms with Gasteiger partial charge in [-0.05, 0) is 13.0 Å². The Balaban J connectivity index is 2.52. The minimum Gasteiger partial charge on any atom is -0.239 e. The molecule has 0 spiro atoms. The standard InChI is InChI=1S/C10H12N3/c1-9-4-3-5-11-10(9)13-7-6-12(2)8-13/h3-8H,1-2H3/q+1. The molecule has 0 N–H and O–H groups in total. The third kappa shape index (κ3) is 1.45. The lowest BCUT2D eigenvalue weighted by molar-refractivity contribution is -0.670. The lowest BCUT2D eigenvalue weighted by Gasteiger charge is -1.97. The van der Waals surface area contributed by atoms with Gasteiger partial charge in [-0.15, -0.1) is 0 Å². The van der Waals surface area contributed by atoms with Gasteiger partial charge in [0.25, 0.3) is 0 Å². The van der Waals surface area contributed by atoms with Gasteiger partial charge >= 0.3 is 0 Å². The van der Waals surface area contributed by atoms with Crippen molar-refractivity contribution in [2.75, 3.05) is 0 Å². The number of nitrogens with zero attached hydrogens (tertiary/aromatic N) is 3. The molecule has 0 aliphatic rings. The summed E-state index contributed by atoms with van der Waals surface area (Å²) in [6, 6.07) is 4.00. The molecule has 0 atom stereocenters. The van der Waals surface area contributed by atoms with Crippen LogP contribution in [0.5, 0.6) is 0 Å². The van der Waals surface area contributed by atoms with Gasteiger partial charge in [-0.3, -0.25) is 0 Å². The molecule has 0 radical (unpaired) electrons. The first-order valence-electron chi connectivity index (χ1n) is 4.22. The van der Waals surface area contributed by atoms with Gasteiger partial charge in [0.2, 0.25) is 12.1 Å². The van der Waals surface area contributed by atoms with Crippen LogP contribution in [0.4, 0.5) is 0 Å². The fourth-order valence-corrected chi connectivity index (χ4v) is 1.32. The molecule has 0 amide bonds. The van der Waals surface area contributed by atoms with Gasteiger partial charge in [0.15, 0.2) is 0 Å². The van der Waals surface area contributed by atoms with Gasteiger partial charge in [-0.25, -0.2) is 9.55 Å². The van der Waals surface area contributed by atoms with Gasteiger partial charge in [-0.1, -0.05) is 6.07 Å². The summed E-state index contributed by atoms with van der Waals surface area (Å²) in [6.07, 6.45) is 7.79. The Morgan fingerprint density at radius 2 is 2.31 bits per heavy atom. The summed E-state index contributed by atoms with van der Waals surface area (Å²) in [7, 11) is 1.99. The van der Waals surface area contributed by atoms with Crippen molar-refractivity contribution in [2.45, 2.75) is 6.92 Å². The molecular weight excluding hydrogens is 162 g/mol. The number of pyridine rings is 1. The highest BCUT2D eigenvalue weighted by Gasteiger charge is 2.07. The molecule has 0 unspecified atom stereocenters. The van der Waals surface area contributed by atoms with Crippen LogP contribution in [0.1, 0.15) is 5.56 Å². The second kappa shape index (κ2) is 3.01. The minimum absolute atomic E-state index is 0.989. The number of imidazole rings is 1. The van der Waals surface area contributed by atoms with Gasteiger partial charge in [0.1, 0.15) is 12.4 Å². The molecule has 2 aromatic heterocycles. The van der Waals surface area contributed by atoms with E-state index in [9.17, 15) is 0 Å². The Labute approximate surface area is 77.3 Å². The first kappa shape index (κ1) is 7.98. The summed E-state index contributed by atoms with van der Waals surface area (Å²) >= 11 is 0. The van der Waals surface area contributed by atoms with Crippen molar-refractivity contribution in [1.82, 2.24) is 9.55 Å². The topological polar surface area (TPSA) is 21.7 Å². The van der Waals surface area contributed by atoms with Crippen LogP contribution in [0.2, 0.25) is 0 Å². The predicted octanol–water partition coefficient (Wildman–Crippen LogP) is 1.01. The van der Waals surface area contributed by atoms with Crippen LogP contribution in [0, 0.1) is 6.92 Å². The second-order valence-corrected chi connectivity index (χ2v) is 3.13. The molecule has 0 aromatic carbocycles. The summed E-state index contributed by atoms with van der Waals surface area (Å²) in [5.74, 6) is 0.989. The Hall–Kier alpha value is -1.64. The lowest BCUT2D eigenvalue weighted by Crippen LogP contribution is -2.23. The van der Waals surface area contributed by atoms with E-state index in [-0.39, 0.29) is 0 Å². The molecule has 3 heteroatoms. The summed E-state index contributed by atoms with van der Waals surface area (Å²) in [5, 5.41) is 0. The van der Waals surface area contributed by atoms with Crippen LogP contribution < -0.4 is 4.57 Å². The van der Waals surface area contributed by atoms with Gasteiger partial charge < -0.3 is 0 Å². The highest BCUT2D eigenvalue weighted by molar-refractivity contribution is 5.31. The zero-order valence-corrected chi connectivity index (χ0v) is 7.81. The van der Waals surface area contributed by atoms with E-state index in [0.717, 1.165) is 5.82 Å². The molecule has 66 valence electrons. The number of aromatic nitrogens is 3. The highest BCUT2D eigenvalue weighted by Crippen LogP contribution is 2.07. The van der Waals surface area contributed by atoms with E-state index in [2.05, 4.69) is 18.0 Å². The number of aryl methyl sites for hydroxylation is 2. The third-order valence-corrected chi connectivity index (χ3v) is 2.00. The maximum Gasteiger partial charge on any atom is 0.250 e. The summed E-state index contributed by atoms with van der Waals surface area (Å²) in [6.45, 7) is 2.06. The lowest BCUT2D eigenvalue weighted by atomic mass is 10.3. The maximum atomic E-state index is 4.31. The van der Waals surface area contributed by atoms with Crippen molar-refractivity contribution in [2.24, 2.45) is 7.05 Å². The highest BCUT2D eigenvalue weighted by atomic mass is 15.1. The van der Waals surface area contributed by atoms with E-state index < -0.39 is 0 Å². The first-order valence-corrected chi connectivity index (χ1v) is 4.22. The molecular formula is C10H12N3+. The maximum absolute atomic E-state index is 4.31. The molecule has 2 heterocycles. The molecule has 2 rings (SSSR count). The molecule has 0 fully saturated rings. The third-order valence-electron chi connectivity index (χ3n) is 2.00. The molecule has 0 aliphatic heterocycles. The number of rotatable bonds is 1. The van der Waals surface area contributed by atoms with Gasteiger partial charge in [-0.2, -0.15) is 4.57 Å². The molecule has 0 aliphatic carbocycles. The molecule has 0 saturated heterocycles. The van der Waals surface area contributed by atoms with E-state index >= 15 is 0 Å². The van der Waals surface area contributed by atoms with Crippen molar-refractivity contribution in [3.8, 4) is 5.82 Å². The Morgan fingerprint density at radius 1 is 1.46 bits per heavy atom. The largest absolute Gasteiger partial charge is 0.250 e. The van der Waals surface area contributed by atoms with Crippen LogP contribution in [-0.4, -0.2) is 9.55 Å². The van der Waals surface area contributed by atoms with E-state index in [1.165, 1.54) is 5.56 Å². The number of hydrogen-bond donors (Lipinski definition) is 0. The van der Waals surface area contributed by atoms with Gasteiger partial charge in [0.05, 0.1) is 7.05 Å². The molecule has 3 nitrogen and oxygen atoms in total. The second-order valence-electron chi connectivity index (χ2n) is 3.13. The summed E-state index contributed by atoms with van der Waals surface area (Å²) in [4.78, 5) is 4.31. The van der Waals surface area contributed by atoms with Crippen LogP contribution in [0.25, 0.3) is 5.82 Å². The zero-order chi connectivity index (χ0) is 9.26. The van der Waals surface area contributed by atoms with Gasteiger partial charge in [0, 0.05) is 11.8 Å². The van der Waals surface area contributed by atoms with Crippen molar-refractivity contribution < 1.29 is 4.57 Å². The fraction of sp³-hybridized carbons (Fsp3) is 0.200. The van der Waals surface area contributed by atoms with Crippen molar-refractivity contribution in [3.05, 3.63) is 42.6 Å². The molecule has 13 heavy (non-hydrogen) atoms. The Kier molecular flexibility index (Phi) is 1.85.